The SMILES string of the molecule is CC1CCC[C@H](COCC2=CC(=O)NC2=O)C1. The molecule has 0 spiro atoms. The fourth-order valence-electron chi connectivity index (χ4n) is 2.61. The second-order valence-corrected chi connectivity index (χ2v) is 5.14. The quantitative estimate of drug-likeness (QED) is 0.752. The second kappa shape index (κ2) is 5.45. The summed E-state index contributed by atoms with van der Waals surface area (Å²) in [7, 11) is 0. The third kappa shape index (κ3) is 3.40. The van der Waals surface area contributed by atoms with E-state index >= 15 is 0 Å². The maximum Gasteiger partial charge on any atom is 0.256 e. The van der Waals surface area contributed by atoms with E-state index in [0.29, 0.717) is 18.1 Å². The minimum absolute atomic E-state index is 0.252. The summed E-state index contributed by atoms with van der Waals surface area (Å²) >= 11 is 0. The molecule has 94 valence electrons. The van der Waals surface area contributed by atoms with Gasteiger partial charge in [-0.25, -0.2) is 0 Å². The highest BCUT2D eigenvalue weighted by Gasteiger charge is 2.22. The number of imide groups is 1. The molecule has 0 aromatic heterocycles. The summed E-state index contributed by atoms with van der Waals surface area (Å²) in [5.74, 6) is 0.749. The fourth-order valence-corrected chi connectivity index (χ4v) is 2.61. The van der Waals surface area contributed by atoms with Crippen LogP contribution in [0.25, 0.3) is 0 Å². The van der Waals surface area contributed by atoms with Crippen LogP contribution in [0.2, 0.25) is 0 Å². The van der Waals surface area contributed by atoms with Crippen molar-refractivity contribution in [2.75, 3.05) is 13.2 Å². The number of carbonyl (C=O) groups excluding carboxylic acids is 2. The summed E-state index contributed by atoms with van der Waals surface area (Å²) in [6.07, 6.45) is 6.35. The van der Waals surface area contributed by atoms with Gasteiger partial charge in [0, 0.05) is 18.3 Å². The molecule has 2 amide bonds. The molecule has 17 heavy (non-hydrogen) atoms. The van der Waals surface area contributed by atoms with Gasteiger partial charge in [-0.1, -0.05) is 19.8 Å². The highest BCUT2D eigenvalue weighted by molar-refractivity contribution is 6.16. The van der Waals surface area contributed by atoms with Crippen LogP contribution in [0.3, 0.4) is 0 Å². The molecular weight excluding hydrogens is 218 g/mol. The molecule has 4 nitrogen and oxygen atoms in total. The number of hydrogen-bond acceptors (Lipinski definition) is 3. The number of rotatable bonds is 4. The monoisotopic (exact) mass is 237 g/mol. The summed E-state index contributed by atoms with van der Waals surface area (Å²) in [5, 5.41) is 2.21. The van der Waals surface area contributed by atoms with Crippen LogP contribution in [0, 0.1) is 11.8 Å². The van der Waals surface area contributed by atoms with E-state index in [1.807, 2.05) is 0 Å². The summed E-state index contributed by atoms with van der Waals surface area (Å²) in [4.78, 5) is 22.1. The Bertz CT molecular complexity index is 349. The van der Waals surface area contributed by atoms with Crippen molar-refractivity contribution >= 4 is 11.8 Å². The lowest BCUT2D eigenvalue weighted by Crippen LogP contribution is -2.24. The number of nitrogens with one attached hydrogen (secondary N) is 1. The standard InChI is InChI=1S/C13H19NO3/c1-9-3-2-4-10(5-9)7-17-8-11-6-12(15)14-13(11)16/h6,9-10H,2-5,7-8H2,1H3,(H,14,15,16)/t9?,10-/m0/s1. The van der Waals surface area contributed by atoms with Gasteiger partial charge >= 0.3 is 0 Å². The molecule has 1 fully saturated rings. The van der Waals surface area contributed by atoms with E-state index in [0.717, 1.165) is 5.92 Å². The van der Waals surface area contributed by atoms with Crippen LogP contribution in [-0.4, -0.2) is 25.0 Å². The third-order valence-electron chi connectivity index (χ3n) is 3.49. The van der Waals surface area contributed by atoms with Crippen molar-refractivity contribution in [3.8, 4) is 0 Å². The molecule has 1 N–H and O–H groups in total. The molecule has 0 aromatic carbocycles. The molecule has 4 heteroatoms. The first-order valence-corrected chi connectivity index (χ1v) is 6.29. The topological polar surface area (TPSA) is 55.4 Å². The minimum atomic E-state index is -0.333. The van der Waals surface area contributed by atoms with Crippen LogP contribution < -0.4 is 5.32 Å². The van der Waals surface area contributed by atoms with E-state index in [4.69, 9.17) is 4.74 Å². The van der Waals surface area contributed by atoms with Gasteiger partial charge in [0.15, 0.2) is 0 Å². The number of ether oxygens (including phenoxy) is 1. The van der Waals surface area contributed by atoms with Gasteiger partial charge in [0.05, 0.1) is 6.61 Å². The molecule has 1 aliphatic heterocycles. The molecule has 2 atom stereocenters. The number of hydrogen-bond donors (Lipinski definition) is 1. The van der Waals surface area contributed by atoms with Crippen LogP contribution in [-0.2, 0) is 14.3 Å². The highest BCUT2D eigenvalue weighted by Crippen LogP contribution is 2.28. The van der Waals surface area contributed by atoms with Crippen molar-refractivity contribution in [3.63, 3.8) is 0 Å². The van der Waals surface area contributed by atoms with E-state index < -0.39 is 0 Å². The molecule has 2 rings (SSSR count). The lowest BCUT2D eigenvalue weighted by atomic mass is 9.83. The van der Waals surface area contributed by atoms with Crippen LogP contribution in [0.15, 0.2) is 11.6 Å². The zero-order chi connectivity index (χ0) is 12.3. The van der Waals surface area contributed by atoms with Gasteiger partial charge in [-0.05, 0) is 24.7 Å². The van der Waals surface area contributed by atoms with E-state index in [1.54, 1.807) is 0 Å². The Morgan fingerprint density at radius 3 is 2.88 bits per heavy atom. The lowest BCUT2D eigenvalue weighted by molar-refractivity contribution is -0.124. The Labute approximate surface area is 101 Å². The van der Waals surface area contributed by atoms with Crippen molar-refractivity contribution < 1.29 is 14.3 Å². The smallest absolute Gasteiger partial charge is 0.256 e. The molecule has 1 aliphatic carbocycles. The van der Waals surface area contributed by atoms with Crippen molar-refractivity contribution in [3.05, 3.63) is 11.6 Å². The van der Waals surface area contributed by atoms with Crippen LogP contribution in [0.4, 0.5) is 0 Å². The molecule has 2 aliphatic rings. The number of carbonyl (C=O) groups is 2. The molecule has 0 bridgehead atoms. The Kier molecular flexibility index (Phi) is 3.94. The maximum atomic E-state index is 11.2. The summed E-state index contributed by atoms with van der Waals surface area (Å²) in [5.41, 5.74) is 0.443. The molecule has 1 heterocycles. The number of amides is 2. The van der Waals surface area contributed by atoms with Gasteiger partial charge in [0.2, 0.25) is 0 Å². The predicted octanol–water partition coefficient (Wildman–Crippen LogP) is 1.41. The molecular formula is C13H19NO3. The fraction of sp³-hybridized carbons (Fsp3) is 0.692. The van der Waals surface area contributed by atoms with Crippen molar-refractivity contribution in [1.29, 1.82) is 0 Å². The molecule has 0 radical (unpaired) electrons. The molecule has 0 aromatic rings. The zero-order valence-corrected chi connectivity index (χ0v) is 10.2. The Morgan fingerprint density at radius 2 is 2.24 bits per heavy atom. The van der Waals surface area contributed by atoms with Gasteiger partial charge in [0.25, 0.3) is 11.8 Å². The maximum absolute atomic E-state index is 11.2. The predicted molar refractivity (Wildman–Crippen MR) is 63.2 cm³/mol. The van der Waals surface area contributed by atoms with Gasteiger partial charge in [-0.3, -0.25) is 14.9 Å². The van der Waals surface area contributed by atoms with Crippen molar-refractivity contribution in [2.24, 2.45) is 11.8 Å². The van der Waals surface area contributed by atoms with E-state index in [2.05, 4.69) is 12.2 Å². The van der Waals surface area contributed by atoms with Crippen LogP contribution in [0.5, 0.6) is 0 Å². The Balaban J connectivity index is 1.71. The lowest BCUT2D eigenvalue weighted by Gasteiger charge is -2.26. The zero-order valence-electron chi connectivity index (χ0n) is 10.2. The largest absolute Gasteiger partial charge is 0.376 e. The third-order valence-corrected chi connectivity index (χ3v) is 3.49. The van der Waals surface area contributed by atoms with E-state index in [1.165, 1.54) is 31.8 Å². The summed E-state index contributed by atoms with van der Waals surface area (Å²) < 4.78 is 5.54. The second-order valence-electron chi connectivity index (χ2n) is 5.14. The molecule has 1 saturated carbocycles. The minimum Gasteiger partial charge on any atom is -0.376 e. The van der Waals surface area contributed by atoms with Crippen molar-refractivity contribution in [1.82, 2.24) is 5.32 Å². The Morgan fingerprint density at radius 1 is 1.41 bits per heavy atom. The van der Waals surface area contributed by atoms with E-state index in [-0.39, 0.29) is 18.4 Å². The van der Waals surface area contributed by atoms with Gasteiger partial charge in [-0.15, -0.1) is 0 Å². The molecule has 0 saturated heterocycles. The van der Waals surface area contributed by atoms with E-state index in [9.17, 15) is 9.59 Å². The van der Waals surface area contributed by atoms with Gasteiger partial charge in [-0.2, -0.15) is 0 Å². The van der Waals surface area contributed by atoms with Crippen LogP contribution in [0.1, 0.15) is 32.6 Å². The van der Waals surface area contributed by atoms with Crippen molar-refractivity contribution in [2.45, 2.75) is 32.6 Å². The first kappa shape index (κ1) is 12.3. The Hall–Kier alpha value is -1.16. The normalized spacial score (nSPS) is 29.1. The average molecular weight is 237 g/mol. The summed E-state index contributed by atoms with van der Waals surface area (Å²) in [6.45, 7) is 3.23. The summed E-state index contributed by atoms with van der Waals surface area (Å²) in [6, 6.07) is 0. The highest BCUT2D eigenvalue weighted by atomic mass is 16.5. The van der Waals surface area contributed by atoms with Crippen LogP contribution >= 0.6 is 0 Å². The van der Waals surface area contributed by atoms with Gasteiger partial charge in [0.1, 0.15) is 0 Å². The molecule has 1 unspecified atom stereocenters. The van der Waals surface area contributed by atoms with Gasteiger partial charge < -0.3 is 4.74 Å². The average Bonchev–Trinajstić information content (AvgIpc) is 2.58. The first-order chi connectivity index (χ1) is 8.15. The first-order valence-electron chi connectivity index (χ1n) is 6.29.